The predicted octanol–water partition coefficient (Wildman–Crippen LogP) is 5.73. The third kappa shape index (κ3) is 4.80. The van der Waals surface area contributed by atoms with Crippen LogP contribution in [0.1, 0.15) is 80.3 Å². The lowest BCUT2D eigenvalue weighted by molar-refractivity contribution is -0.131. The van der Waals surface area contributed by atoms with Crippen molar-refractivity contribution >= 4 is 17.4 Å². The van der Waals surface area contributed by atoms with Crippen LogP contribution in [0.2, 0.25) is 0 Å². The number of methoxy groups -OCH3 is 1. The van der Waals surface area contributed by atoms with Gasteiger partial charge >= 0.3 is 0 Å². The first-order chi connectivity index (χ1) is 19.4. The summed E-state index contributed by atoms with van der Waals surface area (Å²) in [5, 5.41) is 9.44. The molecule has 1 fully saturated rings. The van der Waals surface area contributed by atoms with Gasteiger partial charge in [-0.15, -0.1) is 0 Å². The molecule has 214 valence electrons. The Balaban J connectivity index is 1.44. The van der Waals surface area contributed by atoms with E-state index in [-0.39, 0.29) is 23.6 Å². The van der Waals surface area contributed by atoms with Crippen molar-refractivity contribution < 1.29 is 18.3 Å². The second-order valence-corrected chi connectivity index (χ2v) is 11.3. The minimum atomic E-state index is -2.62. The Morgan fingerprint density at radius 3 is 2.62 bits per heavy atom. The maximum atomic E-state index is 14.5. The van der Waals surface area contributed by atoms with Crippen molar-refractivity contribution in [3.05, 3.63) is 46.9 Å². The number of anilines is 2. The van der Waals surface area contributed by atoms with E-state index in [4.69, 9.17) is 9.84 Å². The van der Waals surface area contributed by atoms with Gasteiger partial charge in [-0.3, -0.25) is 14.2 Å². The number of alkyl halides is 2. The lowest BCUT2D eigenvalue weighted by Gasteiger charge is -2.33. The number of benzene rings is 1. The van der Waals surface area contributed by atoms with Gasteiger partial charge in [-0.2, -0.15) is 10.2 Å². The molecular weight excluding hydrogens is 514 g/mol. The summed E-state index contributed by atoms with van der Waals surface area (Å²) in [5.74, 6) is 0.942. The van der Waals surface area contributed by atoms with Crippen molar-refractivity contribution in [1.29, 1.82) is 0 Å². The van der Waals surface area contributed by atoms with Gasteiger partial charge in [0, 0.05) is 74.4 Å². The summed E-state index contributed by atoms with van der Waals surface area (Å²) >= 11 is 0. The SMILES string of the molecule is CCC(=O)N1CCc2c(c(N3CCCc4cc(-c5cnn(C)c5)c(C(F)F)cc43)nn2C2CCC(OC)CC2)C1. The van der Waals surface area contributed by atoms with E-state index in [1.807, 2.05) is 17.9 Å². The lowest BCUT2D eigenvalue weighted by atomic mass is 9.92. The molecule has 2 aliphatic heterocycles. The number of carbonyl (C=O) groups is 1. The molecule has 0 N–H and O–H groups in total. The molecule has 0 saturated heterocycles. The van der Waals surface area contributed by atoms with Crippen LogP contribution in [0.3, 0.4) is 0 Å². The Bertz CT molecular complexity index is 1390. The van der Waals surface area contributed by atoms with E-state index >= 15 is 0 Å². The Morgan fingerprint density at radius 2 is 1.95 bits per heavy atom. The molecule has 0 bridgehead atoms. The number of amides is 1. The maximum Gasteiger partial charge on any atom is 0.264 e. The van der Waals surface area contributed by atoms with E-state index < -0.39 is 6.43 Å². The van der Waals surface area contributed by atoms with E-state index in [0.29, 0.717) is 37.2 Å². The van der Waals surface area contributed by atoms with Crippen LogP contribution in [0.15, 0.2) is 24.5 Å². The number of halogens is 2. The highest BCUT2D eigenvalue weighted by Crippen LogP contribution is 2.44. The molecular formula is C30H38F2N6O2. The molecule has 0 atom stereocenters. The molecule has 0 unspecified atom stereocenters. The van der Waals surface area contributed by atoms with E-state index in [2.05, 4.69) is 14.7 Å². The number of hydrogen-bond acceptors (Lipinski definition) is 5. The highest BCUT2D eigenvalue weighted by atomic mass is 19.3. The molecule has 40 heavy (non-hydrogen) atoms. The quantitative estimate of drug-likeness (QED) is 0.391. The summed E-state index contributed by atoms with van der Waals surface area (Å²) in [5.41, 5.74) is 5.31. The number of aromatic nitrogens is 4. The van der Waals surface area contributed by atoms with Gasteiger partial charge in [0.15, 0.2) is 5.82 Å². The van der Waals surface area contributed by atoms with Gasteiger partial charge in [0.25, 0.3) is 6.43 Å². The summed E-state index contributed by atoms with van der Waals surface area (Å²) in [6, 6.07) is 3.85. The van der Waals surface area contributed by atoms with Gasteiger partial charge in [-0.1, -0.05) is 6.92 Å². The highest BCUT2D eigenvalue weighted by Gasteiger charge is 2.35. The van der Waals surface area contributed by atoms with Gasteiger partial charge < -0.3 is 14.5 Å². The zero-order valence-electron chi connectivity index (χ0n) is 23.6. The molecule has 3 aliphatic rings. The molecule has 3 aromatic rings. The second kappa shape index (κ2) is 11.0. The molecule has 2 aromatic heterocycles. The zero-order valence-corrected chi connectivity index (χ0v) is 23.6. The van der Waals surface area contributed by atoms with E-state index in [0.717, 1.165) is 67.6 Å². The fraction of sp³-hybridized carbons (Fsp3) is 0.567. The third-order valence-electron chi connectivity index (χ3n) is 8.92. The lowest BCUT2D eigenvalue weighted by Crippen LogP contribution is -2.37. The monoisotopic (exact) mass is 552 g/mol. The smallest absolute Gasteiger partial charge is 0.264 e. The van der Waals surface area contributed by atoms with Crippen molar-refractivity contribution in [2.75, 3.05) is 25.1 Å². The van der Waals surface area contributed by atoms with Crippen LogP contribution in [0.5, 0.6) is 0 Å². The maximum absolute atomic E-state index is 14.5. The first-order valence-electron chi connectivity index (χ1n) is 14.5. The van der Waals surface area contributed by atoms with Crippen LogP contribution in [-0.4, -0.2) is 56.7 Å². The number of rotatable bonds is 6. The first kappa shape index (κ1) is 26.9. The largest absolute Gasteiger partial charge is 0.381 e. The number of nitrogens with zero attached hydrogens (tertiary/aromatic N) is 6. The Labute approximate surface area is 233 Å². The number of carbonyl (C=O) groups excluding carboxylic acids is 1. The minimum Gasteiger partial charge on any atom is -0.381 e. The topological polar surface area (TPSA) is 68.4 Å². The fourth-order valence-electron chi connectivity index (χ4n) is 6.77. The Hall–Kier alpha value is -3.27. The van der Waals surface area contributed by atoms with Gasteiger partial charge in [0.05, 0.1) is 24.9 Å². The van der Waals surface area contributed by atoms with Crippen LogP contribution in [0, 0.1) is 0 Å². The molecule has 0 spiro atoms. The summed E-state index contributed by atoms with van der Waals surface area (Å²) in [4.78, 5) is 16.8. The summed E-state index contributed by atoms with van der Waals surface area (Å²) in [7, 11) is 3.57. The zero-order chi connectivity index (χ0) is 28.0. The van der Waals surface area contributed by atoms with Crippen LogP contribution in [0.25, 0.3) is 11.1 Å². The van der Waals surface area contributed by atoms with Crippen LogP contribution in [0.4, 0.5) is 20.3 Å². The molecule has 6 rings (SSSR count). The summed E-state index contributed by atoms with van der Waals surface area (Å²) in [6.45, 7) is 3.78. The van der Waals surface area contributed by atoms with Crippen LogP contribution in [-0.2, 0) is 36.0 Å². The number of fused-ring (bicyclic) bond motifs is 2. The average Bonchev–Trinajstić information content (AvgIpc) is 3.59. The van der Waals surface area contributed by atoms with Crippen LogP contribution < -0.4 is 4.90 Å². The highest BCUT2D eigenvalue weighted by molar-refractivity contribution is 5.78. The summed E-state index contributed by atoms with van der Waals surface area (Å²) < 4.78 is 38.4. The molecule has 1 saturated carbocycles. The molecule has 4 heterocycles. The normalized spacial score (nSPS) is 21.1. The van der Waals surface area contributed by atoms with Gasteiger partial charge in [0.1, 0.15) is 0 Å². The number of hydrogen-bond donors (Lipinski definition) is 0. The average molecular weight is 553 g/mol. The summed E-state index contributed by atoms with van der Waals surface area (Å²) in [6.07, 6.45) is 7.98. The number of ether oxygens (including phenoxy) is 1. The van der Waals surface area contributed by atoms with Crippen molar-refractivity contribution in [1.82, 2.24) is 24.5 Å². The molecule has 8 nitrogen and oxygen atoms in total. The Morgan fingerprint density at radius 1 is 1.15 bits per heavy atom. The fourth-order valence-corrected chi connectivity index (χ4v) is 6.77. The first-order valence-corrected chi connectivity index (χ1v) is 14.5. The third-order valence-corrected chi connectivity index (χ3v) is 8.92. The predicted molar refractivity (Wildman–Crippen MR) is 149 cm³/mol. The molecule has 1 amide bonds. The van der Waals surface area contributed by atoms with E-state index in [9.17, 15) is 13.6 Å². The second-order valence-electron chi connectivity index (χ2n) is 11.3. The van der Waals surface area contributed by atoms with Crippen molar-refractivity contribution in [2.45, 2.75) is 83.4 Å². The molecule has 1 aromatic carbocycles. The van der Waals surface area contributed by atoms with Gasteiger partial charge in [-0.25, -0.2) is 8.78 Å². The minimum absolute atomic E-state index is 0.00706. The molecule has 1 aliphatic carbocycles. The van der Waals surface area contributed by atoms with Crippen molar-refractivity contribution in [3.63, 3.8) is 0 Å². The van der Waals surface area contributed by atoms with Gasteiger partial charge in [-0.05, 0) is 61.8 Å². The standard InChI is InChI=1S/C30H38F2N6O2/c1-4-28(39)36-13-11-26-25(18-36)30(34-38(26)21-7-9-22(40-3)10-8-21)37-12-5-6-19-14-23(20-16-33-35(2)17-20)24(29(31)32)15-27(19)37/h14-17,21-22,29H,4-13,18H2,1-3H3. The van der Waals surface area contributed by atoms with Crippen molar-refractivity contribution in [3.8, 4) is 11.1 Å². The van der Waals surface area contributed by atoms with E-state index in [1.165, 1.54) is 5.69 Å². The van der Waals surface area contributed by atoms with Crippen LogP contribution >= 0.6 is 0 Å². The molecule has 10 heteroatoms. The molecule has 0 radical (unpaired) electrons. The number of aryl methyl sites for hydroxylation is 2. The Kier molecular flexibility index (Phi) is 7.37. The van der Waals surface area contributed by atoms with E-state index in [1.54, 1.807) is 37.3 Å². The van der Waals surface area contributed by atoms with Gasteiger partial charge in [0.2, 0.25) is 5.91 Å². The van der Waals surface area contributed by atoms with Crippen molar-refractivity contribution in [2.24, 2.45) is 7.05 Å².